The third-order valence-corrected chi connectivity index (χ3v) is 11.7. The van der Waals surface area contributed by atoms with Gasteiger partial charge in [-0.25, -0.2) is 0 Å². The van der Waals surface area contributed by atoms with Gasteiger partial charge in [-0.1, -0.05) is 248 Å². The Hall–Kier alpha value is -3.15. The van der Waals surface area contributed by atoms with Gasteiger partial charge >= 0.3 is 17.9 Å². The van der Waals surface area contributed by atoms with E-state index in [9.17, 15) is 14.4 Å². The van der Waals surface area contributed by atoms with Crippen LogP contribution in [0, 0.1) is 0 Å². The van der Waals surface area contributed by atoms with Crippen molar-refractivity contribution in [3.05, 3.63) is 72.9 Å². The predicted octanol–water partition coefficient (Wildman–Crippen LogP) is 18.2. The number of hydrogen-bond donors (Lipinski definition) is 0. The number of carbonyl (C=O) groups excluding carboxylic acids is 3. The molecule has 0 fully saturated rings. The molecule has 0 aliphatic carbocycles. The van der Waals surface area contributed by atoms with Crippen LogP contribution in [0.3, 0.4) is 0 Å². The third kappa shape index (κ3) is 51.7. The van der Waals surface area contributed by atoms with Crippen LogP contribution in [-0.2, 0) is 28.6 Å². The molecular weight excluding hydrogens is 805 g/mol. The van der Waals surface area contributed by atoms with E-state index in [-0.39, 0.29) is 31.1 Å². The zero-order valence-electron chi connectivity index (χ0n) is 42.7. The van der Waals surface area contributed by atoms with E-state index in [1.807, 2.05) is 0 Å². The first-order chi connectivity index (χ1) is 32.0. The summed E-state index contributed by atoms with van der Waals surface area (Å²) >= 11 is 0. The molecule has 0 heterocycles. The van der Waals surface area contributed by atoms with E-state index in [1.54, 1.807) is 0 Å². The highest BCUT2D eigenvalue weighted by Gasteiger charge is 2.19. The van der Waals surface area contributed by atoms with Crippen molar-refractivity contribution in [1.82, 2.24) is 0 Å². The Balaban J connectivity index is 4.39. The van der Waals surface area contributed by atoms with Crippen molar-refractivity contribution in [2.75, 3.05) is 13.2 Å². The summed E-state index contributed by atoms with van der Waals surface area (Å²) in [6.07, 6.45) is 67.5. The molecular formula is C59H102O6. The summed E-state index contributed by atoms with van der Waals surface area (Å²) in [5.74, 6) is -0.925. The van der Waals surface area contributed by atoms with Crippen LogP contribution in [0.2, 0.25) is 0 Å². The smallest absolute Gasteiger partial charge is 0.306 e. The van der Waals surface area contributed by atoms with Gasteiger partial charge in [-0.2, -0.15) is 0 Å². The number of carbonyl (C=O) groups is 3. The van der Waals surface area contributed by atoms with Gasteiger partial charge in [0.1, 0.15) is 13.2 Å². The van der Waals surface area contributed by atoms with Crippen molar-refractivity contribution >= 4 is 17.9 Å². The minimum Gasteiger partial charge on any atom is -0.462 e. The summed E-state index contributed by atoms with van der Waals surface area (Å²) in [5.41, 5.74) is 0. The largest absolute Gasteiger partial charge is 0.462 e. The second-order valence-electron chi connectivity index (χ2n) is 18.1. The molecule has 6 nitrogen and oxygen atoms in total. The molecule has 1 unspecified atom stereocenters. The highest BCUT2D eigenvalue weighted by molar-refractivity contribution is 5.71. The molecule has 0 spiro atoms. The predicted molar refractivity (Wildman–Crippen MR) is 279 cm³/mol. The molecule has 6 heteroatoms. The molecule has 65 heavy (non-hydrogen) atoms. The lowest BCUT2D eigenvalue weighted by Gasteiger charge is -2.18. The van der Waals surface area contributed by atoms with Gasteiger partial charge in [-0.3, -0.25) is 14.4 Å². The number of allylic oxidation sites excluding steroid dienone is 12. The van der Waals surface area contributed by atoms with E-state index in [1.165, 1.54) is 128 Å². The molecule has 0 saturated carbocycles. The molecule has 0 radical (unpaired) electrons. The first kappa shape index (κ1) is 61.9. The summed E-state index contributed by atoms with van der Waals surface area (Å²) in [6, 6.07) is 0. The molecule has 0 aliphatic rings. The van der Waals surface area contributed by atoms with Crippen LogP contribution in [0.5, 0.6) is 0 Å². The molecule has 0 aromatic rings. The number of unbranched alkanes of at least 4 members (excludes halogenated alkanes) is 26. The maximum atomic E-state index is 12.8. The van der Waals surface area contributed by atoms with Crippen molar-refractivity contribution < 1.29 is 28.6 Å². The van der Waals surface area contributed by atoms with Gasteiger partial charge < -0.3 is 14.2 Å². The van der Waals surface area contributed by atoms with Crippen molar-refractivity contribution in [2.24, 2.45) is 0 Å². The second-order valence-corrected chi connectivity index (χ2v) is 18.1. The molecule has 0 N–H and O–H groups in total. The van der Waals surface area contributed by atoms with E-state index in [4.69, 9.17) is 14.2 Å². The van der Waals surface area contributed by atoms with Gasteiger partial charge in [-0.15, -0.1) is 0 Å². The molecule has 0 amide bonds. The fraction of sp³-hybridized carbons (Fsp3) is 0.746. The van der Waals surface area contributed by atoms with Crippen LogP contribution in [0.4, 0.5) is 0 Å². The molecule has 0 aliphatic heterocycles. The number of hydrogen-bond acceptors (Lipinski definition) is 6. The Morgan fingerprint density at radius 1 is 0.323 bits per heavy atom. The first-order valence-corrected chi connectivity index (χ1v) is 27.4. The Morgan fingerprint density at radius 2 is 0.600 bits per heavy atom. The van der Waals surface area contributed by atoms with Crippen LogP contribution < -0.4 is 0 Å². The molecule has 0 aromatic carbocycles. The van der Waals surface area contributed by atoms with Crippen LogP contribution >= 0.6 is 0 Å². The standard InChI is InChI=1S/C59H102O6/c1-4-7-10-13-16-19-22-24-26-28-29-30-31-32-34-35-37-40-43-46-49-52-58(61)64-55-56(54-63-57(60)51-48-45-42-39-21-18-15-12-9-6-3)65-59(62)53-50-47-44-41-38-36-33-27-25-23-20-17-14-11-8-5-2/h7,10,16,19,24,26,29-30,32,34,37,40,56H,4-6,8-9,11-15,17-18,20-23,25,27-28,31,33,35-36,38-39,41-55H2,1-3H3/b10-7-,19-16-,26-24-,30-29-,34-32-,40-37-. The summed E-state index contributed by atoms with van der Waals surface area (Å²) in [5, 5.41) is 0. The average Bonchev–Trinajstić information content (AvgIpc) is 3.30. The maximum Gasteiger partial charge on any atom is 0.306 e. The number of ether oxygens (including phenoxy) is 3. The Morgan fingerprint density at radius 3 is 0.938 bits per heavy atom. The SMILES string of the molecule is CC/C=C\C/C=C\C/C=C\C/C=C\C/C=C\C/C=C\CCCCC(=O)OCC(COC(=O)CCCCCCCCCCCC)OC(=O)CCCCCCCCCCCCCCCCCC. The Kier molecular flexibility index (Phi) is 50.9. The molecule has 0 bridgehead atoms. The molecule has 1 atom stereocenters. The van der Waals surface area contributed by atoms with Gasteiger partial charge in [0.15, 0.2) is 6.10 Å². The van der Waals surface area contributed by atoms with Crippen molar-refractivity contribution in [3.63, 3.8) is 0 Å². The lowest BCUT2D eigenvalue weighted by Crippen LogP contribution is -2.30. The van der Waals surface area contributed by atoms with Gasteiger partial charge in [0.25, 0.3) is 0 Å². The molecule has 0 rings (SSSR count). The fourth-order valence-electron chi connectivity index (χ4n) is 7.62. The average molecular weight is 907 g/mol. The van der Waals surface area contributed by atoms with Crippen molar-refractivity contribution in [2.45, 2.75) is 271 Å². The van der Waals surface area contributed by atoms with E-state index in [0.29, 0.717) is 19.3 Å². The van der Waals surface area contributed by atoms with Crippen LogP contribution in [0.25, 0.3) is 0 Å². The van der Waals surface area contributed by atoms with Gasteiger partial charge in [-0.05, 0) is 70.6 Å². The topological polar surface area (TPSA) is 78.9 Å². The van der Waals surface area contributed by atoms with Crippen molar-refractivity contribution in [1.29, 1.82) is 0 Å². The van der Waals surface area contributed by atoms with Crippen LogP contribution in [0.1, 0.15) is 265 Å². The fourth-order valence-corrected chi connectivity index (χ4v) is 7.62. The van der Waals surface area contributed by atoms with E-state index >= 15 is 0 Å². The minimum atomic E-state index is -0.789. The highest BCUT2D eigenvalue weighted by Crippen LogP contribution is 2.16. The normalized spacial score (nSPS) is 12.6. The third-order valence-electron chi connectivity index (χ3n) is 11.7. The maximum absolute atomic E-state index is 12.8. The monoisotopic (exact) mass is 907 g/mol. The summed E-state index contributed by atoms with van der Waals surface area (Å²) < 4.78 is 16.8. The lowest BCUT2D eigenvalue weighted by atomic mass is 10.0. The second kappa shape index (κ2) is 53.5. The quantitative estimate of drug-likeness (QED) is 0.0262. The zero-order chi connectivity index (χ0) is 47.2. The van der Waals surface area contributed by atoms with E-state index in [0.717, 1.165) is 96.3 Å². The number of esters is 3. The summed E-state index contributed by atoms with van der Waals surface area (Å²) in [6.45, 7) is 6.49. The summed E-state index contributed by atoms with van der Waals surface area (Å²) in [7, 11) is 0. The Bertz CT molecular complexity index is 1230. The first-order valence-electron chi connectivity index (χ1n) is 27.4. The highest BCUT2D eigenvalue weighted by atomic mass is 16.6. The molecule has 0 saturated heterocycles. The van der Waals surface area contributed by atoms with Gasteiger partial charge in [0.05, 0.1) is 0 Å². The minimum absolute atomic E-state index is 0.0861. The summed E-state index contributed by atoms with van der Waals surface area (Å²) in [4.78, 5) is 38.0. The zero-order valence-corrected chi connectivity index (χ0v) is 42.7. The van der Waals surface area contributed by atoms with E-state index < -0.39 is 6.10 Å². The van der Waals surface area contributed by atoms with Gasteiger partial charge in [0, 0.05) is 19.3 Å². The number of rotatable bonds is 49. The van der Waals surface area contributed by atoms with Crippen LogP contribution in [-0.4, -0.2) is 37.2 Å². The lowest BCUT2D eigenvalue weighted by molar-refractivity contribution is -0.167. The molecule has 374 valence electrons. The van der Waals surface area contributed by atoms with Crippen molar-refractivity contribution in [3.8, 4) is 0 Å². The van der Waals surface area contributed by atoms with Crippen LogP contribution in [0.15, 0.2) is 72.9 Å². The Labute approximate surface area is 402 Å². The molecule has 0 aromatic heterocycles. The van der Waals surface area contributed by atoms with Gasteiger partial charge in [0.2, 0.25) is 0 Å². The van der Waals surface area contributed by atoms with E-state index in [2.05, 4.69) is 93.7 Å².